The van der Waals surface area contributed by atoms with E-state index in [9.17, 15) is 0 Å². The second-order valence-corrected chi connectivity index (χ2v) is 7.81. The molecule has 2 aromatic heterocycles. The SMILES string of the molecule is Cn1ncc2c(N[C@H]3CN4CCC3CC4)nc(C3CCCC3)nc21. The summed E-state index contributed by atoms with van der Waals surface area (Å²) in [5.74, 6) is 3.34. The van der Waals surface area contributed by atoms with Crippen molar-refractivity contribution in [1.82, 2.24) is 24.6 Å². The number of fused-ring (bicyclic) bond motifs is 4. The molecule has 1 atom stereocenters. The average Bonchev–Trinajstić information content (AvgIpc) is 3.27. The van der Waals surface area contributed by atoms with Crippen molar-refractivity contribution >= 4 is 16.9 Å². The fourth-order valence-corrected chi connectivity index (χ4v) is 4.82. The van der Waals surface area contributed by atoms with Crippen molar-refractivity contribution < 1.29 is 0 Å². The molecule has 128 valence electrons. The number of nitrogens with one attached hydrogen (secondary N) is 1. The Morgan fingerprint density at radius 2 is 1.88 bits per heavy atom. The number of aromatic nitrogens is 4. The summed E-state index contributed by atoms with van der Waals surface area (Å²) < 4.78 is 1.89. The Bertz CT molecular complexity index is 739. The Labute approximate surface area is 142 Å². The van der Waals surface area contributed by atoms with Crippen LogP contribution in [0, 0.1) is 5.92 Å². The number of aryl methyl sites for hydroxylation is 1. The molecular weight excluding hydrogens is 300 g/mol. The highest BCUT2D eigenvalue weighted by atomic mass is 15.3. The third kappa shape index (κ3) is 2.39. The quantitative estimate of drug-likeness (QED) is 0.939. The maximum atomic E-state index is 4.98. The molecule has 6 nitrogen and oxygen atoms in total. The molecule has 0 spiro atoms. The first-order valence-corrected chi connectivity index (χ1v) is 9.46. The Hall–Kier alpha value is -1.69. The number of rotatable bonds is 3. The topological polar surface area (TPSA) is 58.9 Å². The molecule has 1 saturated carbocycles. The van der Waals surface area contributed by atoms with Gasteiger partial charge in [0, 0.05) is 25.6 Å². The first kappa shape index (κ1) is 14.6. The fraction of sp³-hybridized carbons (Fsp3) is 0.722. The fourth-order valence-electron chi connectivity index (χ4n) is 4.82. The second kappa shape index (κ2) is 5.69. The lowest BCUT2D eigenvalue weighted by molar-refractivity contribution is 0.0974. The van der Waals surface area contributed by atoms with Crippen LogP contribution in [0.15, 0.2) is 6.20 Å². The molecule has 1 aliphatic carbocycles. The van der Waals surface area contributed by atoms with Crippen LogP contribution in [0.1, 0.15) is 50.3 Å². The Morgan fingerprint density at radius 3 is 2.58 bits per heavy atom. The van der Waals surface area contributed by atoms with Crippen LogP contribution in [-0.2, 0) is 7.05 Å². The van der Waals surface area contributed by atoms with Crippen LogP contribution in [0.2, 0.25) is 0 Å². The van der Waals surface area contributed by atoms with Gasteiger partial charge in [-0.3, -0.25) is 4.68 Å². The van der Waals surface area contributed by atoms with Crippen LogP contribution in [0.25, 0.3) is 11.0 Å². The number of hydrogen-bond acceptors (Lipinski definition) is 5. The summed E-state index contributed by atoms with van der Waals surface area (Å²) in [7, 11) is 1.98. The zero-order valence-corrected chi connectivity index (χ0v) is 14.4. The zero-order chi connectivity index (χ0) is 16.1. The van der Waals surface area contributed by atoms with E-state index in [0.717, 1.165) is 35.1 Å². The van der Waals surface area contributed by atoms with Gasteiger partial charge in [-0.25, -0.2) is 9.97 Å². The van der Waals surface area contributed by atoms with Gasteiger partial charge in [0.25, 0.3) is 0 Å². The minimum atomic E-state index is 0.516. The lowest BCUT2D eigenvalue weighted by Crippen LogP contribution is -2.53. The van der Waals surface area contributed by atoms with Crippen LogP contribution in [0.3, 0.4) is 0 Å². The normalized spacial score (nSPS) is 30.3. The molecular formula is C18H26N6. The molecule has 4 fully saturated rings. The number of nitrogens with zero attached hydrogens (tertiary/aromatic N) is 5. The standard InChI is InChI=1S/C18H26N6/c1-23-18-14(10-19-23)17(21-16(22-18)13-4-2-3-5-13)20-15-11-24-8-6-12(15)7-9-24/h10,12-13,15H,2-9,11H2,1H3,(H,20,21,22)/t15-/m0/s1. The minimum Gasteiger partial charge on any atom is -0.365 e. The molecule has 1 N–H and O–H groups in total. The molecule has 6 rings (SSSR count). The molecule has 6 heteroatoms. The predicted molar refractivity (Wildman–Crippen MR) is 94.1 cm³/mol. The van der Waals surface area contributed by atoms with Gasteiger partial charge in [0.05, 0.1) is 11.6 Å². The lowest BCUT2D eigenvalue weighted by Gasteiger charge is -2.45. The van der Waals surface area contributed by atoms with Gasteiger partial charge in [-0.1, -0.05) is 12.8 Å². The van der Waals surface area contributed by atoms with Gasteiger partial charge in [0.1, 0.15) is 11.6 Å². The van der Waals surface area contributed by atoms with E-state index < -0.39 is 0 Å². The maximum absolute atomic E-state index is 4.98. The molecule has 3 saturated heterocycles. The molecule has 5 heterocycles. The molecule has 0 aromatic carbocycles. The molecule has 0 radical (unpaired) electrons. The molecule has 2 aromatic rings. The monoisotopic (exact) mass is 326 g/mol. The highest BCUT2D eigenvalue weighted by Crippen LogP contribution is 2.35. The van der Waals surface area contributed by atoms with Crippen LogP contribution in [0.5, 0.6) is 0 Å². The van der Waals surface area contributed by atoms with Gasteiger partial charge in [-0.15, -0.1) is 0 Å². The summed E-state index contributed by atoms with van der Waals surface area (Å²) in [5.41, 5.74) is 0.968. The number of anilines is 1. The van der Waals surface area contributed by atoms with E-state index >= 15 is 0 Å². The van der Waals surface area contributed by atoms with Crippen LogP contribution in [-0.4, -0.2) is 50.3 Å². The van der Waals surface area contributed by atoms with E-state index in [1.165, 1.54) is 51.6 Å². The summed E-state index contributed by atoms with van der Waals surface area (Å²) in [6, 6.07) is 0.516. The summed E-state index contributed by atoms with van der Waals surface area (Å²) in [6.45, 7) is 3.68. The molecule has 2 bridgehead atoms. The van der Waals surface area contributed by atoms with E-state index in [-0.39, 0.29) is 0 Å². The summed E-state index contributed by atoms with van der Waals surface area (Å²) in [4.78, 5) is 12.4. The Balaban J connectivity index is 1.51. The number of piperidine rings is 3. The van der Waals surface area contributed by atoms with Crippen LogP contribution >= 0.6 is 0 Å². The van der Waals surface area contributed by atoms with Crippen molar-refractivity contribution in [3.63, 3.8) is 0 Å². The predicted octanol–water partition coefficient (Wildman–Crippen LogP) is 2.53. The largest absolute Gasteiger partial charge is 0.365 e. The van der Waals surface area contributed by atoms with Gasteiger partial charge in [0.15, 0.2) is 5.65 Å². The number of hydrogen-bond donors (Lipinski definition) is 1. The van der Waals surface area contributed by atoms with Gasteiger partial charge in [-0.2, -0.15) is 5.10 Å². The molecule has 24 heavy (non-hydrogen) atoms. The van der Waals surface area contributed by atoms with E-state index in [1.54, 1.807) is 0 Å². The summed E-state index contributed by atoms with van der Waals surface area (Å²) in [6.07, 6.45) is 9.60. The Kier molecular flexibility index (Phi) is 3.47. The van der Waals surface area contributed by atoms with Crippen molar-refractivity contribution in [1.29, 1.82) is 0 Å². The highest BCUT2D eigenvalue weighted by Gasteiger charge is 2.34. The minimum absolute atomic E-state index is 0.516. The van der Waals surface area contributed by atoms with Crippen LogP contribution < -0.4 is 5.32 Å². The molecule has 0 unspecified atom stereocenters. The van der Waals surface area contributed by atoms with E-state index in [0.29, 0.717) is 12.0 Å². The molecule has 0 amide bonds. The molecule has 3 aliphatic heterocycles. The molecule has 4 aliphatic rings. The lowest BCUT2D eigenvalue weighted by atomic mass is 9.84. The van der Waals surface area contributed by atoms with Crippen molar-refractivity contribution in [3.05, 3.63) is 12.0 Å². The van der Waals surface area contributed by atoms with Crippen molar-refractivity contribution in [2.45, 2.75) is 50.5 Å². The smallest absolute Gasteiger partial charge is 0.163 e. The maximum Gasteiger partial charge on any atom is 0.163 e. The zero-order valence-electron chi connectivity index (χ0n) is 14.4. The van der Waals surface area contributed by atoms with Crippen molar-refractivity contribution in [2.75, 3.05) is 25.0 Å². The van der Waals surface area contributed by atoms with Gasteiger partial charge in [0.2, 0.25) is 0 Å². The third-order valence-electron chi connectivity index (χ3n) is 6.31. The van der Waals surface area contributed by atoms with Gasteiger partial charge >= 0.3 is 0 Å². The average molecular weight is 326 g/mol. The third-order valence-corrected chi connectivity index (χ3v) is 6.31. The van der Waals surface area contributed by atoms with E-state index in [2.05, 4.69) is 15.3 Å². The highest BCUT2D eigenvalue weighted by molar-refractivity contribution is 5.86. The summed E-state index contributed by atoms with van der Waals surface area (Å²) in [5, 5.41) is 9.28. The summed E-state index contributed by atoms with van der Waals surface area (Å²) >= 11 is 0. The van der Waals surface area contributed by atoms with Crippen LogP contribution in [0.4, 0.5) is 5.82 Å². The van der Waals surface area contributed by atoms with E-state index in [4.69, 9.17) is 9.97 Å². The Morgan fingerprint density at radius 1 is 1.08 bits per heavy atom. The van der Waals surface area contributed by atoms with Gasteiger partial charge < -0.3 is 10.2 Å². The first-order valence-electron chi connectivity index (χ1n) is 9.46. The van der Waals surface area contributed by atoms with E-state index in [1.807, 2.05) is 17.9 Å². The van der Waals surface area contributed by atoms with Crippen molar-refractivity contribution in [2.24, 2.45) is 13.0 Å². The van der Waals surface area contributed by atoms with Crippen molar-refractivity contribution in [3.8, 4) is 0 Å². The van der Waals surface area contributed by atoms with Gasteiger partial charge in [-0.05, 0) is 44.7 Å². The first-order chi connectivity index (χ1) is 11.8. The second-order valence-electron chi connectivity index (χ2n) is 7.81.